The molecule has 2 atom stereocenters. The topological polar surface area (TPSA) is 134 Å². The predicted octanol–water partition coefficient (Wildman–Crippen LogP) is 25.3. The van der Waals surface area contributed by atoms with Crippen LogP contribution in [0.25, 0.3) is 0 Å². The molecule has 0 aromatic carbocycles. The second-order valence-electron chi connectivity index (χ2n) is 25.5. The van der Waals surface area contributed by atoms with Gasteiger partial charge in [-0.2, -0.15) is 0 Å². The number of nitrogens with two attached hydrogens (primary N) is 1. The summed E-state index contributed by atoms with van der Waals surface area (Å²) in [6, 6.07) is 0. The molecule has 0 saturated carbocycles. The zero-order chi connectivity index (χ0) is 64.4. The van der Waals surface area contributed by atoms with E-state index in [1.165, 1.54) is 257 Å². The van der Waals surface area contributed by atoms with Gasteiger partial charge in [-0.15, -0.1) is 0 Å². The van der Waals surface area contributed by atoms with Gasteiger partial charge in [-0.25, -0.2) is 4.57 Å². The lowest BCUT2D eigenvalue weighted by Gasteiger charge is -2.19. The van der Waals surface area contributed by atoms with E-state index in [2.05, 4.69) is 98.9 Å². The van der Waals surface area contributed by atoms with Crippen molar-refractivity contribution in [3.63, 3.8) is 0 Å². The van der Waals surface area contributed by atoms with Crippen LogP contribution < -0.4 is 5.73 Å². The third kappa shape index (κ3) is 74.1. The van der Waals surface area contributed by atoms with Crippen molar-refractivity contribution in [1.82, 2.24) is 0 Å². The molecule has 0 amide bonds. The Kier molecular flexibility index (Phi) is 71.9. The second kappa shape index (κ2) is 74.2. The van der Waals surface area contributed by atoms with E-state index in [1.807, 2.05) is 0 Å². The third-order valence-electron chi connectivity index (χ3n) is 16.8. The number of carbonyl (C=O) groups excluding carboxylic acids is 2. The van der Waals surface area contributed by atoms with Gasteiger partial charge in [-0.1, -0.05) is 375 Å². The number of rotatable bonds is 72. The Morgan fingerprint density at radius 1 is 0.348 bits per heavy atom. The van der Waals surface area contributed by atoms with Gasteiger partial charge in [0, 0.05) is 19.4 Å². The van der Waals surface area contributed by atoms with Crippen LogP contribution in [0.1, 0.15) is 373 Å². The van der Waals surface area contributed by atoms with Crippen LogP contribution in [-0.2, 0) is 32.7 Å². The van der Waals surface area contributed by atoms with E-state index in [9.17, 15) is 19.0 Å². The van der Waals surface area contributed by atoms with Crippen molar-refractivity contribution in [2.45, 2.75) is 380 Å². The van der Waals surface area contributed by atoms with Crippen LogP contribution in [0.2, 0.25) is 0 Å². The molecule has 0 aromatic rings. The quantitative estimate of drug-likeness (QED) is 0.0264. The summed E-state index contributed by atoms with van der Waals surface area (Å²) in [6.45, 7) is 3.69. The zero-order valence-electron chi connectivity index (χ0n) is 58.4. The average molecular weight is 1270 g/mol. The summed E-state index contributed by atoms with van der Waals surface area (Å²) in [5, 5.41) is 0. The Morgan fingerprint density at radius 2 is 0.618 bits per heavy atom. The number of esters is 2. The molecule has 0 saturated heterocycles. The molecule has 9 nitrogen and oxygen atoms in total. The van der Waals surface area contributed by atoms with Gasteiger partial charge >= 0.3 is 19.8 Å². The first kappa shape index (κ1) is 86.2. The fourth-order valence-corrected chi connectivity index (χ4v) is 12.0. The summed E-state index contributed by atoms with van der Waals surface area (Å²) in [5.74, 6) is -0.813. The van der Waals surface area contributed by atoms with Crippen LogP contribution in [0.3, 0.4) is 0 Å². The average Bonchev–Trinajstić information content (AvgIpc) is 3.66. The summed E-state index contributed by atoms with van der Waals surface area (Å²) in [5.41, 5.74) is 5.41. The van der Waals surface area contributed by atoms with Crippen molar-refractivity contribution in [2.24, 2.45) is 5.73 Å². The van der Waals surface area contributed by atoms with Crippen molar-refractivity contribution >= 4 is 19.8 Å². The maximum atomic E-state index is 12.8. The molecule has 10 heteroatoms. The molecule has 3 N–H and O–H groups in total. The normalized spacial score (nSPS) is 13.3. The monoisotopic (exact) mass is 1270 g/mol. The van der Waals surface area contributed by atoms with E-state index in [-0.39, 0.29) is 38.6 Å². The minimum Gasteiger partial charge on any atom is -0.462 e. The lowest BCUT2D eigenvalue weighted by atomic mass is 10.0. The Bertz CT molecular complexity index is 1740. The number of allylic oxidation sites excluding steroid dienone is 14. The van der Waals surface area contributed by atoms with Crippen molar-refractivity contribution in [1.29, 1.82) is 0 Å². The smallest absolute Gasteiger partial charge is 0.462 e. The van der Waals surface area contributed by atoms with E-state index in [1.54, 1.807) is 0 Å². The second-order valence-corrected chi connectivity index (χ2v) is 27.0. The number of phosphoric ester groups is 1. The summed E-state index contributed by atoms with van der Waals surface area (Å²) in [6.07, 6.45) is 99.9. The van der Waals surface area contributed by atoms with Crippen molar-refractivity contribution in [2.75, 3.05) is 26.4 Å². The van der Waals surface area contributed by atoms with Crippen LogP contribution in [0.5, 0.6) is 0 Å². The van der Waals surface area contributed by atoms with Gasteiger partial charge in [0.05, 0.1) is 13.2 Å². The summed E-state index contributed by atoms with van der Waals surface area (Å²) in [4.78, 5) is 35.4. The minimum atomic E-state index is -4.40. The van der Waals surface area contributed by atoms with Crippen molar-refractivity contribution in [3.8, 4) is 0 Å². The first-order chi connectivity index (χ1) is 43.8. The zero-order valence-corrected chi connectivity index (χ0v) is 59.3. The summed E-state index contributed by atoms with van der Waals surface area (Å²) < 4.78 is 33.2. The van der Waals surface area contributed by atoms with Gasteiger partial charge in [-0.05, 0) is 70.6 Å². The minimum absolute atomic E-state index is 0.0525. The lowest BCUT2D eigenvalue weighted by molar-refractivity contribution is -0.161. The van der Waals surface area contributed by atoms with Gasteiger partial charge in [0.25, 0.3) is 0 Å². The van der Waals surface area contributed by atoms with Gasteiger partial charge in [-0.3, -0.25) is 18.6 Å². The molecule has 0 spiro atoms. The molecule has 0 aromatic heterocycles. The van der Waals surface area contributed by atoms with E-state index < -0.39 is 26.5 Å². The standard InChI is InChI=1S/C79H144NO8P/c1-3-5-7-9-11-13-15-17-19-21-23-25-27-29-31-33-35-37-38-40-42-44-46-48-50-52-54-56-58-60-62-64-66-68-70-72-79(82)88-77(76-87-89(83,84)86-74-73-80)75-85-78(81)71-69-67-65-63-61-59-57-55-53-51-49-47-45-43-41-39-36-34-32-30-28-26-24-22-20-18-16-14-12-10-8-6-4-2/h5,7,11,13,17,19,23,25,29,31,35,37,40,42,77H,3-4,6,8-10,12,14-16,18,20-22,24,26-28,30,32-34,36,38-39,41,43-76,80H2,1-2H3,(H,83,84)/b7-5-,13-11-,19-17-,25-23-,31-29-,37-35-,42-40-. The van der Waals surface area contributed by atoms with E-state index in [0.717, 1.165) is 83.5 Å². The third-order valence-corrected chi connectivity index (χ3v) is 17.8. The molecule has 0 aliphatic heterocycles. The lowest BCUT2D eigenvalue weighted by Crippen LogP contribution is -2.29. The molecule has 518 valence electrons. The Balaban J connectivity index is 3.83. The van der Waals surface area contributed by atoms with E-state index >= 15 is 0 Å². The van der Waals surface area contributed by atoms with Gasteiger partial charge < -0.3 is 20.1 Å². The van der Waals surface area contributed by atoms with Crippen molar-refractivity contribution in [3.05, 3.63) is 85.1 Å². The van der Waals surface area contributed by atoms with E-state index in [4.69, 9.17) is 24.3 Å². The fourth-order valence-electron chi connectivity index (χ4n) is 11.2. The molecule has 0 radical (unpaired) electrons. The SMILES string of the molecule is CC/C=C\C/C=C\C/C=C\C/C=C\C/C=C\C/C=C\C/C=C\CCCCCCCCCCCCCCCC(=O)OC(COC(=O)CCCCCCCCCCCCCCCCCCCCCCCCCCCCCCCCCCC)COP(=O)(O)OCCN. The van der Waals surface area contributed by atoms with Crippen molar-refractivity contribution < 1.29 is 37.6 Å². The van der Waals surface area contributed by atoms with Crippen LogP contribution in [0, 0.1) is 0 Å². The molecule has 0 aliphatic carbocycles. The number of unbranched alkanes of at least 4 members (excludes halogenated alkanes) is 45. The number of phosphoric acid groups is 1. The van der Waals surface area contributed by atoms with Crippen LogP contribution in [0.4, 0.5) is 0 Å². The van der Waals surface area contributed by atoms with Gasteiger partial charge in [0.2, 0.25) is 0 Å². The van der Waals surface area contributed by atoms with Crippen LogP contribution >= 0.6 is 7.82 Å². The largest absolute Gasteiger partial charge is 0.472 e. The number of ether oxygens (including phenoxy) is 2. The molecule has 0 bridgehead atoms. The maximum Gasteiger partial charge on any atom is 0.472 e. The highest BCUT2D eigenvalue weighted by Crippen LogP contribution is 2.43. The first-order valence-electron chi connectivity index (χ1n) is 38.1. The summed E-state index contributed by atoms with van der Waals surface area (Å²) in [7, 11) is -4.40. The molecule has 89 heavy (non-hydrogen) atoms. The van der Waals surface area contributed by atoms with Gasteiger partial charge in [0.15, 0.2) is 6.10 Å². The molecule has 0 heterocycles. The van der Waals surface area contributed by atoms with Crippen LogP contribution in [-0.4, -0.2) is 49.3 Å². The first-order valence-corrected chi connectivity index (χ1v) is 39.6. The Morgan fingerprint density at radius 3 is 0.921 bits per heavy atom. The number of carbonyl (C=O) groups is 2. The predicted molar refractivity (Wildman–Crippen MR) is 386 cm³/mol. The van der Waals surface area contributed by atoms with Gasteiger partial charge in [0.1, 0.15) is 6.61 Å². The highest BCUT2D eigenvalue weighted by molar-refractivity contribution is 7.47. The Hall–Kier alpha value is -2.81. The fraction of sp³-hybridized carbons (Fsp3) is 0.797. The highest BCUT2D eigenvalue weighted by Gasteiger charge is 2.26. The number of hydrogen-bond donors (Lipinski definition) is 2. The summed E-state index contributed by atoms with van der Waals surface area (Å²) >= 11 is 0. The van der Waals surface area contributed by atoms with Crippen LogP contribution in [0.15, 0.2) is 85.1 Å². The molecule has 2 unspecified atom stereocenters. The molecular weight excluding hydrogens is 1120 g/mol. The molecule has 0 aliphatic rings. The maximum absolute atomic E-state index is 12.8. The molecule has 0 rings (SSSR count). The molecule has 0 fully saturated rings. The number of hydrogen-bond acceptors (Lipinski definition) is 8. The Labute approximate surface area is 551 Å². The highest BCUT2D eigenvalue weighted by atomic mass is 31.2. The molecular formula is C79H144NO8P. The van der Waals surface area contributed by atoms with E-state index in [0.29, 0.717) is 6.42 Å².